The second-order valence-electron chi connectivity index (χ2n) is 4.97. The van der Waals surface area contributed by atoms with E-state index in [1.54, 1.807) is 0 Å². The van der Waals surface area contributed by atoms with Crippen LogP contribution in [0.4, 0.5) is 0 Å². The van der Waals surface area contributed by atoms with Crippen LogP contribution in [-0.4, -0.2) is 10.7 Å². The average Bonchev–Trinajstić information content (AvgIpc) is 2.41. The SMILES string of the molecule is CC[C@@](C)(O)C(c1ccccc1)c1ccccc1. The molecule has 0 saturated heterocycles. The smallest absolute Gasteiger partial charge is 0.0725 e. The number of rotatable bonds is 4. The first-order valence-electron chi connectivity index (χ1n) is 6.47. The highest BCUT2D eigenvalue weighted by molar-refractivity contribution is 5.35. The predicted molar refractivity (Wildman–Crippen MR) is 75.6 cm³/mol. The van der Waals surface area contributed by atoms with Crippen LogP contribution in [0, 0.1) is 0 Å². The lowest BCUT2D eigenvalue weighted by molar-refractivity contribution is 0.0389. The van der Waals surface area contributed by atoms with Crippen LogP contribution in [-0.2, 0) is 0 Å². The third kappa shape index (κ3) is 2.62. The summed E-state index contributed by atoms with van der Waals surface area (Å²) < 4.78 is 0. The minimum Gasteiger partial charge on any atom is -0.389 e. The van der Waals surface area contributed by atoms with Gasteiger partial charge in [0.2, 0.25) is 0 Å². The summed E-state index contributed by atoms with van der Waals surface area (Å²) >= 11 is 0. The van der Waals surface area contributed by atoms with Crippen LogP contribution in [0.15, 0.2) is 60.7 Å². The Morgan fingerprint density at radius 2 is 1.28 bits per heavy atom. The van der Waals surface area contributed by atoms with Gasteiger partial charge in [0.1, 0.15) is 0 Å². The standard InChI is InChI=1S/C17H20O/c1-3-17(2,18)16(14-10-6-4-7-11-14)15-12-8-5-9-13-15/h4-13,16,18H,3H2,1-2H3/t17-/m1/s1. The first-order chi connectivity index (χ1) is 8.65. The van der Waals surface area contributed by atoms with E-state index in [1.807, 2.05) is 50.2 Å². The molecule has 0 saturated carbocycles. The molecule has 0 radical (unpaired) electrons. The van der Waals surface area contributed by atoms with E-state index in [0.29, 0.717) is 0 Å². The van der Waals surface area contributed by atoms with Crippen molar-refractivity contribution in [2.24, 2.45) is 0 Å². The molecule has 0 spiro atoms. The summed E-state index contributed by atoms with van der Waals surface area (Å²) in [7, 11) is 0. The summed E-state index contributed by atoms with van der Waals surface area (Å²) in [5.74, 6) is 0.0184. The molecular weight excluding hydrogens is 220 g/mol. The molecular formula is C17H20O. The Morgan fingerprint density at radius 1 is 0.889 bits per heavy atom. The third-order valence-electron chi connectivity index (χ3n) is 3.60. The van der Waals surface area contributed by atoms with E-state index >= 15 is 0 Å². The molecule has 2 aromatic carbocycles. The minimum atomic E-state index is -0.733. The maximum Gasteiger partial charge on any atom is 0.0725 e. The summed E-state index contributed by atoms with van der Waals surface area (Å²) in [5, 5.41) is 10.7. The lowest BCUT2D eigenvalue weighted by atomic mass is 9.77. The lowest BCUT2D eigenvalue weighted by Gasteiger charge is -2.33. The van der Waals surface area contributed by atoms with E-state index < -0.39 is 5.60 Å². The molecule has 1 N–H and O–H groups in total. The first kappa shape index (κ1) is 12.8. The van der Waals surface area contributed by atoms with Crippen LogP contribution in [0.5, 0.6) is 0 Å². The molecule has 94 valence electrons. The fourth-order valence-electron chi connectivity index (χ4n) is 2.41. The Balaban J connectivity index is 2.49. The molecule has 1 nitrogen and oxygen atoms in total. The Hall–Kier alpha value is -1.60. The summed E-state index contributed by atoms with van der Waals surface area (Å²) in [5.41, 5.74) is 1.59. The summed E-state index contributed by atoms with van der Waals surface area (Å²) in [4.78, 5) is 0. The van der Waals surface area contributed by atoms with Crippen molar-refractivity contribution >= 4 is 0 Å². The van der Waals surface area contributed by atoms with Gasteiger partial charge in [-0.3, -0.25) is 0 Å². The molecule has 0 amide bonds. The van der Waals surface area contributed by atoms with Crippen LogP contribution >= 0.6 is 0 Å². The number of hydrogen-bond acceptors (Lipinski definition) is 1. The number of aliphatic hydroxyl groups is 1. The van der Waals surface area contributed by atoms with Crippen molar-refractivity contribution in [1.29, 1.82) is 0 Å². The van der Waals surface area contributed by atoms with E-state index in [0.717, 1.165) is 17.5 Å². The molecule has 0 bridgehead atoms. The number of hydrogen-bond donors (Lipinski definition) is 1. The van der Waals surface area contributed by atoms with Crippen molar-refractivity contribution in [2.45, 2.75) is 31.8 Å². The van der Waals surface area contributed by atoms with Crippen LogP contribution < -0.4 is 0 Å². The van der Waals surface area contributed by atoms with Crippen LogP contribution in [0.25, 0.3) is 0 Å². The van der Waals surface area contributed by atoms with E-state index in [2.05, 4.69) is 24.3 Å². The molecule has 2 aromatic rings. The Kier molecular flexibility index (Phi) is 3.83. The third-order valence-corrected chi connectivity index (χ3v) is 3.60. The zero-order chi connectivity index (χ0) is 13.0. The molecule has 0 aliphatic carbocycles. The number of benzene rings is 2. The largest absolute Gasteiger partial charge is 0.389 e. The van der Waals surface area contributed by atoms with Crippen molar-refractivity contribution in [3.05, 3.63) is 71.8 Å². The van der Waals surface area contributed by atoms with Crippen molar-refractivity contribution < 1.29 is 5.11 Å². The van der Waals surface area contributed by atoms with Crippen molar-refractivity contribution in [2.75, 3.05) is 0 Å². The lowest BCUT2D eigenvalue weighted by Crippen LogP contribution is -2.32. The topological polar surface area (TPSA) is 20.2 Å². The van der Waals surface area contributed by atoms with Gasteiger partial charge in [-0.25, -0.2) is 0 Å². The Bertz CT molecular complexity index is 434. The van der Waals surface area contributed by atoms with Gasteiger partial charge in [-0.15, -0.1) is 0 Å². The monoisotopic (exact) mass is 240 g/mol. The van der Waals surface area contributed by atoms with E-state index in [4.69, 9.17) is 0 Å². The van der Waals surface area contributed by atoms with Gasteiger partial charge in [-0.05, 0) is 24.5 Å². The van der Waals surface area contributed by atoms with Gasteiger partial charge in [-0.2, -0.15) is 0 Å². The zero-order valence-electron chi connectivity index (χ0n) is 11.0. The molecule has 0 aliphatic heterocycles. The van der Waals surface area contributed by atoms with Crippen LogP contribution in [0.2, 0.25) is 0 Å². The highest BCUT2D eigenvalue weighted by Crippen LogP contribution is 2.36. The van der Waals surface area contributed by atoms with Gasteiger partial charge in [0.15, 0.2) is 0 Å². The van der Waals surface area contributed by atoms with E-state index in [9.17, 15) is 5.11 Å². The maximum absolute atomic E-state index is 10.7. The first-order valence-corrected chi connectivity index (χ1v) is 6.47. The molecule has 18 heavy (non-hydrogen) atoms. The molecule has 0 aromatic heterocycles. The van der Waals surface area contributed by atoms with Crippen molar-refractivity contribution in [1.82, 2.24) is 0 Å². The highest BCUT2D eigenvalue weighted by atomic mass is 16.3. The fourth-order valence-corrected chi connectivity index (χ4v) is 2.41. The Labute approximate surface area is 109 Å². The van der Waals surface area contributed by atoms with Gasteiger partial charge in [0.25, 0.3) is 0 Å². The molecule has 0 heterocycles. The van der Waals surface area contributed by atoms with Crippen LogP contribution in [0.3, 0.4) is 0 Å². The van der Waals surface area contributed by atoms with Gasteiger partial charge in [0, 0.05) is 5.92 Å². The van der Waals surface area contributed by atoms with Gasteiger partial charge >= 0.3 is 0 Å². The molecule has 1 heteroatoms. The minimum absolute atomic E-state index is 0.0184. The summed E-state index contributed by atoms with van der Waals surface area (Å²) in [6, 6.07) is 20.5. The summed E-state index contributed by atoms with van der Waals surface area (Å²) in [6.07, 6.45) is 0.724. The second kappa shape index (κ2) is 5.36. The van der Waals surface area contributed by atoms with Gasteiger partial charge in [0.05, 0.1) is 5.60 Å². The average molecular weight is 240 g/mol. The van der Waals surface area contributed by atoms with E-state index in [1.165, 1.54) is 0 Å². The Morgan fingerprint density at radius 3 is 1.61 bits per heavy atom. The zero-order valence-corrected chi connectivity index (χ0v) is 11.0. The fraction of sp³-hybridized carbons (Fsp3) is 0.294. The molecule has 0 unspecified atom stereocenters. The molecule has 0 fully saturated rings. The van der Waals surface area contributed by atoms with Gasteiger partial charge < -0.3 is 5.11 Å². The molecule has 0 aliphatic rings. The predicted octanol–water partition coefficient (Wildman–Crippen LogP) is 3.98. The highest BCUT2D eigenvalue weighted by Gasteiger charge is 2.32. The molecule has 1 atom stereocenters. The quantitative estimate of drug-likeness (QED) is 0.857. The second-order valence-corrected chi connectivity index (χ2v) is 4.97. The van der Waals surface area contributed by atoms with E-state index in [-0.39, 0.29) is 5.92 Å². The maximum atomic E-state index is 10.7. The van der Waals surface area contributed by atoms with Crippen LogP contribution in [0.1, 0.15) is 37.3 Å². The summed E-state index contributed by atoms with van der Waals surface area (Å²) in [6.45, 7) is 3.94. The van der Waals surface area contributed by atoms with Gasteiger partial charge in [-0.1, -0.05) is 67.6 Å². The molecule has 2 rings (SSSR count). The van der Waals surface area contributed by atoms with Crippen molar-refractivity contribution in [3.63, 3.8) is 0 Å². The van der Waals surface area contributed by atoms with Crippen molar-refractivity contribution in [3.8, 4) is 0 Å². The normalized spacial score (nSPS) is 14.4.